The summed E-state index contributed by atoms with van der Waals surface area (Å²) < 4.78 is 0. The van der Waals surface area contributed by atoms with Crippen LogP contribution in [0.25, 0.3) is 0 Å². The van der Waals surface area contributed by atoms with E-state index in [1.807, 2.05) is 6.07 Å². The fourth-order valence-electron chi connectivity index (χ4n) is 2.83. The van der Waals surface area contributed by atoms with Gasteiger partial charge < -0.3 is 14.9 Å². The molecule has 1 fully saturated rings. The molecule has 1 aliphatic heterocycles. The molecule has 8 heteroatoms. The Morgan fingerprint density at radius 2 is 1.88 bits per heavy atom. The number of aromatic nitrogens is 2. The highest BCUT2D eigenvalue weighted by Gasteiger charge is 2.20. The summed E-state index contributed by atoms with van der Waals surface area (Å²) in [6.45, 7) is 5.56. The number of aryl methyl sites for hydroxylation is 1. The van der Waals surface area contributed by atoms with Gasteiger partial charge in [0.05, 0.1) is 5.75 Å². The average molecular weight is 379 g/mol. The number of hydrogen-bond donors (Lipinski definition) is 1. The molecular weight excluding hydrogens is 360 g/mol. The van der Waals surface area contributed by atoms with Gasteiger partial charge in [0.1, 0.15) is 11.0 Å². The van der Waals surface area contributed by atoms with Gasteiger partial charge in [-0.2, -0.15) is 0 Å². The first-order valence-corrected chi connectivity index (χ1v) is 9.34. The van der Waals surface area contributed by atoms with Crippen molar-refractivity contribution in [1.82, 2.24) is 9.97 Å². The van der Waals surface area contributed by atoms with E-state index in [1.54, 1.807) is 6.07 Å². The summed E-state index contributed by atoms with van der Waals surface area (Å²) in [5, 5.41) is 9.52. The molecule has 1 aliphatic rings. The third-order valence-corrected chi connectivity index (χ3v) is 5.07. The summed E-state index contributed by atoms with van der Waals surface area (Å²) in [5.41, 5.74) is 2.54. The topological polar surface area (TPSA) is 69.6 Å². The second-order valence-corrected chi connectivity index (χ2v) is 7.10. The van der Waals surface area contributed by atoms with E-state index in [4.69, 9.17) is 16.7 Å². The minimum Gasteiger partial charge on any atom is -0.481 e. The first-order valence-electron chi connectivity index (χ1n) is 7.97. The van der Waals surface area contributed by atoms with Gasteiger partial charge in [0, 0.05) is 37.9 Å². The minimum atomic E-state index is -0.901. The molecule has 6 nitrogen and oxygen atoms in total. The van der Waals surface area contributed by atoms with Crippen LogP contribution in [0.5, 0.6) is 0 Å². The van der Waals surface area contributed by atoms with E-state index >= 15 is 0 Å². The zero-order chi connectivity index (χ0) is 17.8. The third kappa shape index (κ3) is 4.55. The Morgan fingerprint density at radius 3 is 2.56 bits per heavy atom. The molecule has 3 rings (SSSR count). The second-order valence-electron chi connectivity index (χ2n) is 5.77. The number of rotatable bonds is 5. The maximum Gasteiger partial charge on any atom is 0.313 e. The van der Waals surface area contributed by atoms with Gasteiger partial charge in [0.25, 0.3) is 0 Å². The van der Waals surface area contributed by atoms with Crippen LogP contribution in [0.3, 0.4) is 0 Å². The highest BCUT2D eigenvalue weighted by Crippen LogP contribution is 2.25. The van der Waals surface area contributed by atoms with Gasteiger partial charge in [0.15, 0.2) is 5.16 Å². The number of para-hydroxylation sites is 1. The van der Waals surface area contributed by atoms with Crippen LogP contribution >= 0.6 is 23.4 Å². The minimum absolute atomic E-state index is 0.0825. The molecule has 1 aromatic heterocycles. The van der Waals surface area contributed by atoms with Crippen molar-refractivity contribution in [3.63, 3.8) is 0 Å². The second kappa shape index (κ2) is 7.93. The molecule has 2 heterocycles. The van der Waals surface area contributed by atoms with Gasteiger partial charge in [-0.05, 0) is 18.6 Å². The third-order valence-electron chi connectivity index (χ3n) is 4.05. The van der Waals surface area contributed by atoms with Crippen LogP contribution < -0.4 is 9.80 Å². The van der Waals surface area contributed by atoms with Gasteiger partial charge in [-0.15, -0.1) is 0 Å². The normalized spacial score (nSPS) is 14.6. The quantitative estimate of drug-likeness (QED) is 0.487. The van der Waals surface area contributed by atoms with Crippen molar-refractivity contribution < 1.29 is 9.90 Å². The largest absolute Gasteiger partial charge is 0.481 e. The monoisotopic (exact) mass is 378 g/mol. The predicted octanol–water partition coefficient (Wildman–Crippen LogP) is 2.94. The van der Waals surface area contributed by atoms with E-state index < -0.39 is 5.97 Å². The molecule has 2 aromatic rings. The van der Waals surface area contributed by atoms with Crippen LogP contribution in [0, 0.1) is 6.92 Å². The summed E-state index contributed by atoms with van der Waals surface area (Å²) in [6.07, 6.45) is 0. The van der Waals surface area contributed by atoms with Crippen molar-refractivity contribution in [1.29, 1.82) is 0 Å². The van der Waals surface area contributed by atoms with E-state index in [-0.39, 0.29) is 5.75 Å². The Kier molecular flexibility index (Phi) is 5.65. The molecule has 1 aromatic carbocycles. The van der Waals surface area contributed by atoms with Gasteiger partial charge in [-0.3, -0.25) is 4.79 Å². The molecular formula is C17H19ClN4O2S. The van der Waals surface area contributed by atoms with Crippen LogP contribution in [0.1, 0.15) is 5.56 Å². The zero-order valence-electron chi connectivity index (χ0n) is 13.9. The van der Waals surface area contributed by atoms with Crippen LogP contribution in [0.15, 0.2) is 35.5 Å². The molecule has 0 spiro atoms. The number of hydrogen-bond acceptors (Lipinski definition) is 6. The number of nitrogens with zero attached hydrogens (tertiary/aromatic N) is 4. The molecule has 0 saturated carbocycles. The molecule has 0 aliphatic carbocycles. The van der Waals surface area contributed by atoms with Crippen molar-refractivity contribution >= 4 is 40.8 Å². The summed E-state index contributed by atoms with van der Waals surface area (Å²) in [4.78, 5) is 23.8. The van der Waals surface area contributed by atoms with Crippen molar-refractivity contribution in [3.05, 3.63) is 41.0 Å². The first kappa shape index (κ1) is 17.8. The van der Waals surface area contributed by atoms with Crippen molar-refractivity contribution in [2.45, 2.75) is 12.1 Å². The van der Waals surface area contributed by atoms with Crippen LogP contribution in [-0.4, -0.2) is 53.0 Å². The first-order chi connectivity index (χ1) is 12.0. The van der Waals surface area contributed by atoms with E-state index in [9.17, 15) is 4.79 Å². The molecule has 0 unspecified atom stereocenters. The van der Waals surface area contributed by atoms with E-state index in [0.29, 0.717) is 10.3 Å². The van der Waals surface area contributed by atoms with Gasteiger partial charge in [-0.25, -0.2) is 9.97 Å². The number of benzene rings is 1. The van der Waals surface area contributed by atoms with Gasteiger partial charge in [0.2, 0.25) is 0 Å². The van der Waals surface area contributed by atoms with Gasteiger partial charge >= 0.3 is 5.97 Å². The molecule has 0 atom stereocenters. The van der Waals surface area contributed by atoms with E-state index in [0.717, 1.165) is 43.8 Å². The van der Waals surface area contributed by atoms with Crippen molar-refractivity contribution in [3.8, 4) is 0 Å². The number of carboxylic acids is 1. The Balaban J connectivity index is 1.68. The lowest BCUT2D eigenvalue weighted by molar-refractivity contribution is -0.133. The fourth-order valence-corrected chi connectivity index (χ4v) is 3.63. The number of aliphatic carboxylic acids is 1. The predicted molar refractivity (Wildman–Crippen MR) is 101 cm³/mol. The summed E-state index contributed by atoms with van der Waals surface area (Å²) in [5.74, 6) is -0.236. The van der Waals surface area contributed by atoms with Crippen molar-refractivity contribution in [2.75, 3.05) is 41.7 Å². The summed E-state index contributed by atoms with van der Waals surface area (Å²) in [6, 6.07) is 10.1. The number of anilines is 2. The zero-order valence-corrected chi connectivity index (χ0v) is 15.4. The lowest BCUT2D eigenvalue weighted by Gasteiger charge is -2.37. The highest BCUT2D eigenvalue weighted by molar-refractivity contribution is 7.99. The standard InChI is InChI=1S/C17H19ClN4O2S/c1-12-4-2-3-5-13(12)21-6-8-22(9-7-21)15-10-14(18)19-17(20-15)25-11-16(23)24/h2-5,10H,6-9,11H2,1H3,(H,23,24). The van der Waals surface area contributed by atoms with Crippen LogP contribution in [0.4, 0.5) is 11.5 Å². The van der Waals surface area contributed by atoms with Crippen LogP contribution in [0.2, 0.25) is 5.15 Å². The number of halogens is 1. The molecule has 0 radical (unpaired) electrons. The number of carboxylic acid groups (broad SMARTS) is 1. The average Bonchev–Trinajstić information content (AvgIpc) is 2.60. The number of carbonyl (C=O) groups is 1. The molecule has 1 saturated heterocycles. The number of piperazine rings is 1. The van der Waals surface area contributed by atoms with E-state index in [1.165, 1.54) is 11.3 Å². The van der Waals surface area contributed by atoms with Gasteiger partial charge in [-0.1, -0.05) is 41.6 Å². The Hall–Kier alpha value is -1.99. The maximum atomic E-state index is 10.7. The molecule has 132 valence electrons. The van der Waals surface area contributed by atoms with Crippen molar-refractivity contribution in [2.24, 2.45) is 0 Å². The molecule has 0 bridgehead atoms. The van der Waals surface area contributed by atoms with Crippen LogP contribution in [-0.2, 0) is 4.79 Å². The SMILES string of the molecule is Cc1ccccc1N1CCN(c2cc(Cl)nc(SCC(=O)O)n2)CC1. The summed E-state index contributed by atoms with van der Waals surface area (Å²) in [7, 11) is 0. The summed E-state index contributed by atoms with van der Waals surface area (Å²) >= 11 is 7.16. The Morgan fingerprint density at radius 1 is 1.20 bits per heavy atom. The fraction of sp³-hybridized carbons (Fsp3) is 0.353. The molecule has 1 N–H and O–H groups in total. The lowest BCUT2D eigenvalue weighted by atomic mass is 10.1. The Bertz CT molecular complexity index is 766. The Labute approximate surface area is 155 Å². The van der Waals surface area contributed by atoms with E-state index in [2.05, 4.69) is 44.9 Å². The lowest BCUT2D eigenvalue weighted by Crippen LogP contribution is -2.47. The maximum absolute atomic E-state index is 10.7. The smallest absolute Gasteiger partial charge is 0.313 e. The molecule has 25 heavy (non-hydrogen) atoms. The number of thioether (sulfide) groups is 1. The highest BCUT2D eigenvalue weighted by atomic mass is 35.5. The molecule has 0 amide bonds.